The first-order chi connectivity index (χ1) is 22.8. The SMILES string of the molecule is C=CCC(C(N)=O)C(CC1CC1)C(=O)NC1N=C(c2ccccc2)c2ccccc2N(Cc2cccc(-c3ccc(C)cc3)c2)C1=O. The maximum Gasteiger partial charge on any atom is 0.272 e. The van der Waals surface area contributed by atoms with Crippen molar-refractivity contribution in [2.24, 2.45) is 28.5 Å². The van der Waals surface area contributed by atoms with Gasteiger partial charge in [0.1, 0.15) is 0 Å². The third kappa shape index (κ3) is 7.25. The minimum atomic E-state index is -1.22. The quantitative estimate of drug-likeness (QED) is 0.174. The van der Waals surface area contributed by atoms with E-state index in [0.717, 1.165) is 40.7 Å². The Bertz CT molecular complexity index is 1810. The van der Waals surface area contributed by atoms with E-state index in [1.165, 1.54) is 5.56 Å². The van der Waals surface area contributed by atoms with Gasteiger partial charge < -0.3 is 16.0 Å². The molecule has 0 saturated heterocycles. The lowest BCUT2D eigenvalue weighted by atomic mass is 9.84. The smallest absolute Gasteiger partial charge is 0.272 e. The molecule has 4 aromatic rings. The second kappa shape index (κ2) is 14.0. The van der Waals surface area contributed by atoms with Crippen LogP contribution < -0.4 is 16.0 Å². The van der Waals surface area contributed by atoms with Crippen molar-refractivity contribution < 1.29 is 14.4 Å². The van der Waals surface area contributed by atoms with Gasteiger partial charge >= 0.3 is 0 Å². The van der Waals surface area contributed by atoms with Gasteiger partial charge in [-0.1, -0.05) is 115 Å². The first-order valence-electron chi connectivity index (χ1n) is 16.2. The van der Waals surface area contributed by atoms with Crippen molar-refractivity contribution in [2.45, 2.75) is 45.3 Å². The van der Waals surface area contributed by atoms with Crippen molar-refractivity contribution in [2.75, 3.05) is 4.90 Å². The van der Waals surface area contributed by atoms with Gasteiger partial charge in [0, 0.05) is 11.1 Å². The number of amides is 3. The van der Waals surface area contributed by atoms with Crippen LogP contribution in [0.4, 0.5) is 5.69 Å². The normalized spacial score (nSPS) is 17.1. The molecule has 0 aromatic heterocycles. The van der Waals surface area contributed by atoms with E-state index in [1.807, 2.05) is 66.7 Å². The number of nitrogens with zero attached hydrogens (tertiary/aromatic N) is 2. The Hall–Kier alpha value is -5.30. The van der Waals surface area contributed by atoms with Crippen LogP contribution in [0.1, 0.15) is 47.9 Å². The van der Waals surface area contributed by atoms with Gasteiger partial charge in [-0.2, -0.15) is 0 Å². The number of para-hydroxylation sites is 1. The zero-order valence-corrected chi connectivity index (χ0v) is 26.6. The Morgan fingerprint density at radius 1 is 0.915 bits per heavy atom. The third-order valence-corrected chi connectivity index (χ3v) is 9.08. The van der Waals surface area contributed by atoms with Crippen LogP contribution in [0.3, 0.4) is 0 Å². The highest BCUT2D eigenvalue weighted by atomic mass is 16.2. The predicted octanol–water partition coefficient (Wildman–Crippen LogP) is 6.58. The number of aliphatic imine (C=N–C) groups is 1. The molecule has 1 aliphatic heterocycles. The minimum Gasteiger partial charge on any atom is -0.369 e. The number of carbonyl (C=O) groups excluding carboxylic acids is 3. The van der Waals surface area contributed by atoms with Gasteiger partial charge in [-0.05, 0) is 54.5 Å². The number of anilines is 1. The molecular formula is C40H40N4O3. The third-order valence-electron chi connectivity index (χ3n) is 9.08. The number of hydrogen-bond acceptors (Lipinski definition) is 4. The molecular weight excluding hydrogens is 584 g/mol. The number of aryl methyl sites for hydroxylation is 1. The highest BCUT2D eigenvalue weighted by Crippen LogP contribution is 2.38. The lowest BCUT2D eigenvalue weighted by Gasteiger charge is -2.28. The monoisotopic (exact) mass is 624 g/mol. The van der Waals surface area contributed by atoms with Crippen molar-refractivity contribution in [1.82, 2.24) is 5.32 Å². The summed E-state index contributed by atoms with van der Waals surface area (Å²) in [5, 5.41) is 2.97. The molecule has 1 fully saturated rings. The van der Waals surface area contributed by atoms with Crippen LogP contribution in [0, 0.1) is 24.7 Å². The summed E-state index contributed by atoms with van der Waals surface area (Å²) >= 11 is 0. The molecule has 3 amide bonds. The Balaban J connectivity index is 1.39. The van der Waals surface area contributed by atoms with E-state index in [4.69, 9.17) is 10.7 Å². The molecule has 7 nitrogen and oxygen atoms in total. The van der Waals surface area contributed by atoms with Crippen LogP contribution >= 0.6 is 0 Å². The van der Waals surface area contributed by atoms with Crippen LogP contribution in [0.2, 0.25) is 0 Å². The molecule has 0 radical (unpaired) electrons. The molecule has 0 spiro atoms. The molecule has 2 aliphatic rings. The molecule has 3 N–H and O–H groups in total. The number of hydrogen-bond donors (Lipinski definition) is 2. The molecule has 0 bridgehead atoms. The van der Waals surface area contributed by atoms with Crippen molar-refractivity contribution in [1.29, 1.82) is 0 Å². The minimum absolute atomic E-state index is 0.269. The fraction of sp³-hybridized carbons (Fsp3) is 0.250. The van der Waals surface area contributed by atoms with Gasteiger partial charge in [-0.25, -0.2) is 4.99 Å². The molecule has 238 valence electrons. The van der Waals surface area contributed by atoms with E-state index >= 15 is 0 Å². The Morgan fingerprint density at radius 3 is 2.32 bits per heavy atom. The van der Waals surface area contributed by atoms with Crippen LogP contribution in [0.25, 0.3) is 11.1 Å². The van der Waals surface area contributed by atoms with Crippen LogP contribution in [0.5, 0.6) is 0 Å². The second-order valence-corrected chi connectivity index (χ2v) is 12.6. The number of nitrogens with two attached hydrogens (primary N) is 1. The van der Waals surface area contributed by atoms with Crippen molar-refractivity contribution >= 4 is 29.1 Å². The zero-order chi connectivity index (χ0) is 32.9. The number of nitrogens with one attached hydrogen (secondary N) is 1. The van der Waals surface area contributed by atoms with Gasteiger partial charge in [0.05, 0.1) is 29.8 Å². The maximum atomic E-state index is 14.6. The van der Waals surface area contributed by atoms with E-state index in [-0.39, 0.29) is 18.9 Å². The fourth-order valence-electron chi connectivity index (χ4n) is 6.36. The molecule has 1 heterocycles. The summed E-state index contributed by atoms with van der Waals surface area (Å²) in [6.07, 6.45) is 3.23. The number of fused-ring (bicyclic) bond motifs is 1. The van der Waals surface area contributed by atoms with Crippen LogP contribution in [-0.4, -0.2) is 29.6 Å². The van der Waals surface area contributed by atoms with E-state index in [0.29, 0.717) is 23.7 Å². The molecule has 6 rings (SSSR count). The Labute approximate surface area is 276 Å². The highest BCUT2D eigenvalue weighted by Gasteiger charge is 2.40. The Kier molecular flexibility index (Phi) is 9.43. The Morgan fingerprint density at radius 2 is 1.62 bits per heavy atom. The maximum absolute atomic E-state index is 14.6. The number of carbonyl (C=O) groups is 3. The number of allylic oxidation sites excluding steroid dienone is 1. The first-order valence-corrected chi connectivity index (χ1v) is 16.2. The summed E-state index contributed by atoms with van der Waals surface area (Å²) < 4.78 is 0. The standard InChI is InChI=1S/C40H40N4O3/c1-3-10-32(37(41)45)34(24-27-19-20-27)39(46)43-38-40(47)44(25-28-11-9-14-31(23-28)29-21-17-26(2)18-22-29)35-16-8-7-15-33(35)36(42-38)30-12-5-4-6-13-30/h3-9,11-18,21-23,27,32,34,38H,1,10,19-20,24-25H2,2H3,(H2,41,45)(H,43,46). The molecule has 4 aromatic carbocycles. The molecule has 1 aliphatic carbocycles. The summed E-state index contributed by atoms with van der Waals surface area (Å²) in [5.41, 5.74) is 13.0. The van der Waals surface area contributed by atoms with Crippen LogP contribution in [-0.2, 0) is 20.9 Å². The van der Waals surface area contributed by atoms with Gasteiger partial charge in [-0.3, -0.25) is 14.4 Å². The largest absolute Gasteiger partial charge is 0.369 e. The molecule has 1 saturated carbocycles. The lowest BCUT2D eigenvalue weighted by molar-refractivity contribution is -0.135. The fourth-order valence-corrected chi connectivity index (χ4v) is 6.36. The van der Waals surface area contributed by atoms with E-state index in [1.54, 1.807) is 11.0 Å². The van der Waals surface area contributed by atoms with Crippen molar-refractivity contribution in [3.8, 4) is 11.1 Å². The summed E-state index contributed by atoms with van der Waals surface area (Å²) in [7, 11) is 0. The van der Waals surface area contributed by atoms with Gasteiger partial charge in [0.25, 0.3) is 5.91 Å². The average Bonchev–Trinajstić information content (AvgIpc) is 3.92. The number of primary amides is 1. The number of benzene rings is 4. The molecule has 47 heavy (non-hydrogen) atoms. The summed E-state index contributed by atoms with van der Waals surface area (Å²) in [6.45, 7) is 6.11. The zero-order valence-electron chi connectivity index (χ0n) is 26.6. The molecule has 7 heteroatoms. The number of rotatable bonds is 12. The summed E-state index contributed by atoms with van der Waals surface area (Å²) in [4.78, 5) is 47.9. The average molecular weight is 625 g/mol. The number of benzodiazepines with no additional fused rings is 1. The first kappa shape index (κ1) is 31.7. The molecule has 3 atom stereocenters. The van der Waals surface area contributed by atoms with Crippen molar-refractivity contribution in [3.63, 3.8) is 0 Å². The van der Waals surface area contributed by atoms with E-state index < -0.39 is 29.8 Å². The highest BCUT2D eigenvalue weighted by molar-refractivity contribution is 6.20. The summed E-state index contributed by atoms with van der Waals surface area (Å²) in [5.74, 6) is -2.36. The lowest BCUT2D eigenvalue weighted by Crippen LogP contribution is -2.50. The summed E-state index contributed by atoms with van der Waals surface area (Å²) in [6, 6.07) is 33.9. The van der Waals surface area contributed by atoms with Gasteiger partial charge in [-0.15, -0.1) is 6.58 Å². The van der Waals surface area contributed by atoms with E-state index in [2.05, 4.69) is 55.2 Å². The van der Waals surface area contributed by atoms with Gasteiger partial charge in [0.15, 0.2) is 0 Å². The van der Waals surface area contributed by atoms with E-state index in [9.17, 15) is 14.4 Å². The molecule has 3 unspecified atom stereocenters. The van der Waals surface area contributed by atoms with Gasteiger partial charge in [0.2, 0.25) is 18.0 Å². The predicted molar refractivity (Wildman–Crippen MR) is 187 cm³/mol. The second-order valence-electron chi connectivity index (χ2n) is 12.6. The topological polar surface area (TPSA) is 105 Å². The van der Waals surface area contributed by atoms with Crippen molar-refractivity contribution in [3.05, 3.63) is 138 Å². The van der Waals surface area contributed by atoms with Crippen LogP contribution in [0.15, 0.2) is 121 Å².